The summed E-state index contributed by atoms with van der Waals surface area (Å²) in [6.07, 6.45) is 4.07. The number of carbonyl (C=O) groups is 1. The van der Waals surface area contributed by atoms with Crippen LogP contribution in [0.1, 0.15) is 38.7 Å². The van der Waals surface area contributed by atoms with Crippen molar-refractivity contribution >= 4 is 11.6 Å². The standard InChI is InChI=1S/C17H26N2O/c1-3-18(4-2)17(20)12-9-15-7-10-16(11-8-15)19-13-5-6-14-19/h7-8,10-11H,3-6,9,12-14H2,1-2H3. The molecular weight excluding hydrogens is 248 g/mol. The summed E-state index contributed by atoms with van der Waals surface area (Å²) in [6, 6.07) is 8.73. The lowest BCUT2D eigenvalue weighted by molar-refractivity contribution is -0.130. The number of hydrogen-bond acceptors (Lipinski definition) is 2. The van der Waals surface area contributed by atoms with E-state index in [-0.39, 0.29) is 5.91 Å². The number of carbonyl (C=O) groups excluding carboxylic acids is 1. The molecule has 110 valence electrons. The van der Waals surface area contributed by atoms with Crippen LogP contribution in [0.5, 0.6) is 0 Å². The first-order valence-corrected chi connectivity index (χ1v) is 7.86. The first-order valence-electron chi connectivity index (χ1n) is 7.86. The van der Waals surface area contributed by atoms with Gasteiger partial charge >= 0.3 is 0 Å². The maximum absolute atomic E-state index is 12.0. The van der Waals surface area contributed by atoms with Crippen LogP contribution in [0.3, 0.4) is 0 Å². The minimum atomic E-state index is 0.263. The van der Waals surface area contributed by atoms with Crippen molar-refractivity contribution in [3.05, 3.63) is 29.8 Å². The quantitative estimate of drug-likeness (QED) is 0.796. The van der Waals surface area contributed by atoms with Gasteiger partial charge in [0.25, 0.3) is 0 Å². The highest BCUT2D eigenvalue weighted by Crippen LogP contribution is 2.20. The van der Waals surface area contributed by atoms with E-state index in [1.54, 1.807) is 0 Å². The van der Waals surface area contributed by atoms with E-state index in [1.807, 2.05) is 18.7 Å². The molecule has 0 bridgehead atoms. The Hall–Kier alpha value is -1.51. The zero-order valence-electron chi connectivity index (χ0n) is 12.8. The summed E-state index contributed by atoms with van der Waals surface area (Å²) in [5, 5.41) is 0. The number of benzene rings is 1. The van der Waals surface area contributed by atoms with Gasteiger partial charge < -0.3 is 9.80 Å². The monoisotopic (exact) mass is 274 g/mol. The molecule has 0 unspecified atom stereocenters. The maximum atomic E-state index is 12.0. The molecule has 0 atom stereocenters. The van der Waals surface area contributed by atoms with Crippen LogP contribution in [0.2, 0.25) is 0 Å². The van der Waals surface area contributed by atoms with Crippen LogP contribution in [0.4, 0.5) is 5.69 Å². The highest BCUT2D eigenvalue weighted by Gasteiger charge is 2.12. The van der Waals surface area contributed by atoms with Crippen molar-refractivity contribution in [3.8, 4) is 0 Å². The van der Waals surface area contributed by atoms with Gasteiger partial charge in [0, 0.05) is 38.3 Å². The Bertz CT molecular complexity index is 417. The summed E-state index contributed by atoms with van der Waals surface area (Å²) in [5.41, 5.74) is 2.58. The molecule has 1 heterocycles. The number of anilines is 1. The van der Waals surface area contributed by atoms with Gasteiger partial charge in [-0.15, -0.1) is 0 Å². The van der Waals surface area contributed by atoms with Crippen molar-refractivity contribution in [2.24, 2.45) is 0 Å². The minimum Gasteiger partial charge on any atom is -0.372 e. The minimum absolute atomic E-state index is 0.263. The van der Waals surface area contributed by atoms with Crippen molar-refractivity contribution in [1.82, 2.24) is 4.90 Å². The van der Waals surface area contributed by atoms with Crippen molar-refractivity contribution in [3.63, 3.8) is 0 Å². The van der Waals surface area contributed by atoms with E-state index < -0.39 is 0 Å². The van der Waals surface area contributed by atoms with Crippen LogP contribution < -0.4 is 4.90 Å². The molecule has 0 N–H and O–H groups in total. The Morgan fingerprint density at radius 1 is 1.10 bits per heavy atom. The van der Waals surface area contributed by atoms with Gasteiger partial charge in [0.15, 0.2) is 0 Å². The van der Waals surface area contributed by atoms with Gasteiger partial charge in [-0.1, -0.05) is 12.1 Å². The van der Waals surface area contributed by atoms with Gasteiger partial charge in [-0.3, -0.25) is 4.79 Å². The molecule has 2 rings (SSSR count). The Kier molecular flexibility index (Phi) is 5.45. The fourth-order valence-electron chi connectivity index (χ4n) is 2.83. The van der Waals surface area contributed by atoms with E-state index in [0.717, 1.165) is 19.5 Å². The smallest absolute Gasteiger partial charge is 0.222 e. The van der Waals surface area contributed by atoms with E-state index in [2.05, 4.69) is 29.2 Å². The Morgan fingerprint density at radius 3 is 2.25 bits per heavy atom. The molecule has 20 heavy (non-hydrogen) atoms. The number of rotatable bonds is 6. The fraction of sp³-hybridized carbons (Fsp3) is 0.588. The third kappa shape index (κ3) is 3.75. The molecular formula is C17H26N2O. The summed E-state index contributed by atoms with van der Waals surface area (Å²) in [5.74, 6) is 0.263. The van der Waals surface area contributed by atoms with Crippen LogP contribution in [-0.2, 0) is 11.2 Å². The van der Waals surface area contributed by atoms with Gasteiger partial charge in [0.1, 0.15) is 0 Å². The summed E-state index contributed by atoms with van der Waals surface area (Å²) < 4.78 is 0. The molecule has 1 aliphatic heterocycles. The molecule has 0 spiro atoms. The fourth-order valence-corrected chi connectivity index (χ4v) is 2.83. The zero-order valence-corrected chi connectivity index (χ0v) is 12.8. The van der Waals surface area contributed by atoms with Crippen molar-refractivity contribution < 1.29 is 4.79 Å². The van der Waals surface area contributed by atoms with E-state index >= 15 is 0 Å². The molecule has 1 fully saturated rings. The lowest BCUT2D eigenvalue weighted by Crippen LogP contribution is -2.30. The van der Waals surface area contributed by atoms with E-state index in [0.29, 0.717) is 6.42 Å². The highest BCUT2D eigenvalue weighted by atomic mass is 16.2. The van der Waals surface area contributed by atoms with Gasteiger partial charge in [0.05, 0.1) is 0 Å². The van der Waals surface area contributed by atoms with Crippen molar-refractivity contribution in [2.75, 3.05) is 31.1 Å². The second kappa shape index (κ2) is 7.32. The third-order valence-electron chi connectivity index (χ3n) is 4.15. The molecule has 1 amide bonds. The lowest BCUT2D eigenvalue weighted by atomic mass is 10.1. The average molecular weight is 274 g/mol. The van der Waals surface area contributed by atoms with E-state index in [4.69, 9.17) is 0 Å². The van der Waals surface area contributed by atoms with Crippen LogP contribution in [0.25, 0.3) is 0 Å². The summed E-state index contributed by atoms with van der Waals surface area (Å²) >= 11 is 0. The predicted molar refractivity (Wildman–Crippen MR) is 84.1 cm³/mol. The second-order valence-electron chi connectivity index (χ2n) is 5.43. The van der Waals surface area contributed by atoms with Crippen LogP contribution in [-0.4, -0.2) is 37.0 Å². The van der Waals surface area contributed by atoms with Gasteiger partial charge in [-0.25, -0.2) is 0 Å². The number of aryl methyl sites for hydroxylation is 1. The Labute approximate surface area is 122 Å². The van der Waals surface area contributed by atoms with E-state index in [1.165, 1.54) is 37.2 Å². The maximum Gasteiger partial charge on any atom is 0.222 e. The summed E-state index contributed by atoms with van der Waals surface area (Å²) in [6.45, 7) is 8.05. The molecule has 1 aromatic carbocycles. The van der Waals surface area contributed by atoms with Crippen LogP contribution in [0, 0.1) is 0 Å². The van der Waals surface area contributed by atoms with Crippen molar-refractivity contribution in [1.29, 1.82) is 0 Å². The predicted octanol–water partition coefficient (Wildman–Crippen LogP) is 3.09. The van der Waals surface area contributed by atoms with Gasteiger partial charge in [-0.2, -0.15) is 0 Å². The first-order chi connectivity index (χ1) is 9.74. The molecule has 0 saturated carbocycles. The second-order valence-corrected chi connectivity index (χ2v) is 5.43. The Balaban J connectivity index is 1.86. The highest BCUT2D eigenvalue weighted by molar-refractivity contribution is 5.76. The molecule has 1 aromatic rings. The third-order valence-corrected chi connectivity index (χ3v) is 4.15. The zero-order chi connectivity index (χ0) is 14.4. The average Bonchev–Trinajstić information content (AvgIpc) is 3.01. The Morgan fingerprint density at radius 2 is 1.70 bits per heavy atom. The van der Waals surface area contributed by atoms with Crippen LogP contribution in [0.15, 0.2) is 24.3 Å². The molecule has 1 saturated heterocycles. The van der Waals surface area contributed by atoms with Gasteiger partial charge in [0.2, 0.25) is 5.91 Å². The molecule has 0 radical (unpaired) electrons. The van der Waals surface area contributed by atoms with Gasteiger partial charge in [-0.05, 0) is 50.8 Å². The number of amides is 1. The summed E-state index contributed by atoms with van der Waals surface area (Å²) in [4.78, 5) is 16.3. The van der Waals surface area contributed by atoms with Crippen LogP contribution >= 0.6 is 0 Å². The normalized spacial score (nSPS) is 14.6. The molecule has 3 heteroatoms. The topological polar surface area (TPSA) is 23.6 Å². The van der Waals surface area contributed by atoms with Crippen molar-refractivity contribution in [2.45, 2.75) is 39.5 Å². The first kappa shape index (κ1) is 14.9. The molecule has 0 aromatic heterocycles. The lowest BCUT2D eigenvalue weighted by Gasteiger charge is -2.19. The SMILES string of the molecule is CCN(CC)C(=O)CCc1ccc(N2CCCC2)cc1. The molecule has 3 nitrogen and oxygen atoms in total. The molecule has 1 aliphatic rings. The number of hydrogen-bond donors (Lipinski definition) is 0. The molecule has 0 aliphatic carbocycles. The van der Waals surface area contributed by atoms with E-state index in [9.17, 15) is 4.79 Å². The largest absolute Gasteiger partial charge is 0.372 e. The summed E-state index contributed by atoms with van der Waals surface area (Å²) in [7, 11) is 0. The number of nitrogens with zero attached hydrogens (tertiary/aromatic N) is 2.